The van der Waals surface area contributed by atoms with E-state index in [0.717, 1.165) is 49.3 Å². The van der Waals surface area contributed by atoms with Crippen LogP contribution in [0.25, 0.3) is 0 Å². The summed E-state index contributed by atoms with van der Waals surface area (Å²) in [5.41, 5.74) is 0. The van der Waals surface area contributed by atoms with E-state index in [1.165, 1.54) is 0 Å². The van der Waals surface area contributed by atoms with Gasteiger partial charge in [-0.2, -0.15) is 4.98 Å². The standard InChI is InChI=1S/C14H23BrN4O/c1-3-6-16-14-17-9-12(15)13(19-14)18-10(2)11-4-7-20-8-5-11/h9-11H,3-8H2,1-2H3,(H2,16,17,18,19). The van der Waals surface area contributed by atoms with Crippen LogP contribution in [0.4, 0.5) is 11.8 Å². The highest BCUT2D eigenvalue weighted by molar-refractivity contribution is 9.10. The second kappa shape index (κ2) is 7.78. The second-order valence-electron chi connectivity index (χ2n) is 5.20. The van der Waals surface area contributed by atoms with E-state index in [1.807, 2.05) is 0 Å². The predicted molar refractivity (Wildman–Crippen MR) is 85.1 cm³/mol. The average Bonchev–Trinajstić information content (AvgIpc) is 2.49. The van der Waals surface area contributed by atoms with Crippen molar-refractivity contribution in [2.24, 2.45) is 5.92 Å². The van der Waals surface area contributed by atoms with Crippen molar-refractivity contribution in [3.63, 3.8) is 0 Å². The number of rotatable bonds is 6. The first-order chi connectivity index (χ1) is 9.70. The topological polar surface area (TPSA) is 59.1 Å². The number of hydrogen-bond acceptors (Lipinski definition) is 5. The number of ether oxygens (including phenoxy) is 1. The van der Waals surface area contributed by atoms with E-state index in [2.05, 4.69) is 50.4 Å². The number of nitrogens with one attached hydrogen (secondary N) is 2. The Morgan fingerprint density at radius 3 is 2.90 bits per heavy atom. The van der Waals surface area contributed by atoms with Gasteiger partial charge in [-0.1, -0.05) is 6.92 Å². The molecule has 0 spiro atoms. The molecule has 2 N–H and O–H groups in total. The van der Waals surface area contributed by atoms with Crippen LogP contribution in [-0.4, -0.2) is 35.8 Å². The first-order valence-corrected chi connectivity index (χ1v) is 8.10. The molecule has 2 rings (SSSR count). The number of hydrogen-bond donors (Lipinski definition) is 2. The maximum absolute atomic E-state index is 5.41. The van der Waals surface area contributed by atoms with E-state index >= 15 is 0 Å². The molecule has 112 valence electrons. The van der Waals surface area contributed by atoms with Crippen LogP contribution in [0.5, 0.6) is 0 Å². The fourth-order valence-electron chi connectivity index (χ4n) is 2.34. The zero-order valence-corrected chi connectivity index (χ0v) is 13.7. The van der Waals surface area contributed by atoms with Gasteiger partial charge in [-0.3, -0.25) is 0 Å². The lowest BCUT2D eigenvalue weighted by Gasteiger charge is -2.29. The molecule has 0 saturated carbocycles. The summed E-state index contributed by atoms with van der Waals surface area (Å²) in [6.07, 6.45) is 5.07. The summed E-state index contributed by atoms with van der Waals surface area (Å²) in [4.78, 5) is 8.80. The third-order valence-corrected chi connectivity index (χ3v) is 4.19. The molecule has 20 heavy (non-hydrogen) atoms. The monoisotopic (exact) mass is 342 g/mol. The molecule has 1 aromatic rings. The Morgan fingerprint density at radius 1 is 1.45 bits per heavy atom. The van der Waals surface area contributed by atoms with Gasteiger partial charge in [-0.25, -0.2) is 4.98 Å². The average molecular weight is 343 g/mol. The van der Waals surface area contributed by atoms with Crippen molar-refractivity contribution in [3.8, 4) is 0 Å². The van der Waals surface area contributed by atoms with Gasteiger partial charge in [0.15, 0.2) is 0 Å². The maximum atomic E-state index is 5.41. The van der Waals surface area contributed by atoms with Crippen molar-refractivity contribution in [1.29, 1.82) is 0 Å². The van der Waals surface area contributed by atoms with Crippen LogP contribution in [0, 0.1) is 5.92 Å². The molecule has 6 heteroatoms. The van der Waals surface area contributed by atoms with E-state index in [-0.39, 0.29) is 0 Å². The lowest BCUT2D eigenvalue weighted by molar-refractivity contribution is 0.0622. The Balaban J connectivity index is 1.99. The molecular weight excluding hydrogens is 320 g/mol. The first-order valence-electron chi connectivity index (χ1n) is 7.31. The highest BCUT2D eigenvalue weighted by atomic mass is 79.9. The first kappa shape index (κ1) is 15.5. The molecule has 1 fully saturated rings. The van der Waals surface area contributed by atoms with Crippen molar-refractivity contribution < 1.29 is 4.74 Å². The minimum atomic E-state index is 0.379. The highest BCUT2D eigenvalue weighted by Crippen LogP contribution is 2.25. The van der Waals surface area contributed by atoms with Crippen LogP contribution in [0.2, 0.25) is 0 Å². The highest BCUT2D eigenvalue weighted by Gasteiger charge is 2.21. The summed E-state index contributed by atoms with van der Waals surface area (Å²) in [5, 5.41) is 6.71. The summed E-state index contributed by atoms with van der Waals surface area (Å²) in [7, 11) is 0. The zero-order chi connectivity index (χ0) is 14.4. The van der Waals surface area contributed by atoms with Crippen LogP contribution in [0.1, 0.15) is 33.1 Å². The molecule has 1 aliphatic rings. The smallest absolute Gasteiger partial charge is 0.224 e. The van der Waals surface area contributed by atoms with E-state index in [4.69, 9.17) is 4.74 Å². The molecule has 0 bridgehead atoms. The van der Waals surface area contributed by atoms with Crippen LogP contribution in [-0.2, 0) is 4.74 Å². The van der Waals surface area contributed by atoms with Crippen LogP contribution in [0.3, 0.4) is 0 Å². The van der Waals surface area contributed by atoms with Gasteiger partial charge >= 0.3 is 0 Å². The molecule has 0 radical (unpaired) electrons. The molecule has 1 aromatic heterocycles. The summed E-state index contributed by atoms with van der Waals surface area (Å²) in [5.74, 6) is 2.17. The lowest BCUT2D eigenvalue weighted by Crippen LogP contribution is -2.31. The van der Waals surface area contributed by atoms with Gasteiger partial charge in [-0.15, -0.1) is 0 Å². The molecular formula is C14H23BrN4O. The number of aromatic nitrogens is 2. The Morgan fingerprint density at radius 2 is 2.20 bits per heavy atom. The van der Waals surface area contributed by atoms with Gasteiger partial charge < -0.3 is 15.4 Å². The third kappa shape index (κ3) is 4.31. The number of nitrogens with zero attached hydrogens (tertiary/aromatic N) is 2. The van der Waals surface area contributed by atoms with E-state index in [1.54, 1.807) is 6.20 Å². The molecule has 2 heterocycles. The maximum Gasteiger partial charge on any atom is 0.224 e. The Kier molecular flexibility index (Phi) is 6.04. The minimum Gasteiger partial charge on any atom is -0.381 e. The quantitative estimate of drug-likeness (QED) is 0.830. The van der Waals surface area contributed by atoms with Gasteiger partial charge in [0.05, 0.1) is 4.47 Å². The molecule has 1 saturated heterocycles. The zero-order valence-electron chi connectivity index (χ0n) is 12.2. The van der Waals surface area contributed by atoms with Crippen LogP contribution in [0.15, 0.2) is 10.7 Å². The summed E-state index contributed by atoms with van der Waals surface area (Å²) < 4.78 is 6.32. The van der Waals surface area contributed by atoms with Crippen molar-refractivity contribution >= 4 is 27.7 Å². The fraction of sp³-hybridized carbons (Fsp3) is 0.714. The Hall–Kier alpha value is -0.880. The number of anilines is 2. The van der Waals surface area contributed by atoms with E-state index in [9.17, 15) is 0 Å². The van der Waals surface area contributed by atoms with Crippen molar-refractivity contribution in [1.82, 2.24) is 9.97 Å². The molecule has 1 atom stereocenters. The van der Waals surface area contributed by atoms with E-state index in [0.29, 0.717) is 17.9 Å². The molecule has 5 nitrogen and oxygen atoms in total. The van der Waals surface area contributed by atoms with Crippen LogP contribution >= 0.6 is 15.9 Å². The number of halogens is 1. The summed E-state index contributed by atoms with van der Waals surface area (Å²) in [6.45, 7) is 6.95. The molecule has 1 aliphatic heterocycles. The normalized spacial score (nSPS) is 17.8. The van der Waals surface area contributed by atoms with Gasteiger partial charge in [0.2, 0.25) is 5.95 Å². The van der Waals surface area contributed by atoms with Gasteiger partial charge in [0, 0.05) is 32.0 Å². The van der Waals surface area contributed by atoms with Gasteiger partial charge in [0.25, 0.3) is 0 Å². The lowest BCUT2D eigenvalue weighted by atomic mass is 9.93. The summed E-state index contributed by atoms with van der Waals surface area (Å²) >= 11 is 3.51. The SMILES string of the molecule is CCCNc1ncc(Br)c(NC(C)C2CCOCC2)n1. The molecule has 1 unspecified atom stereocenters. The molecule has 0 aliphatic carbocycles. The van der Waals surface area contributed by atoms with E-state index < -0.39 is 0 Å². The minimum absolute atomic E-state index is 0.379. The fourth-order valence-corrected chi connectivity index (χ4v) is 2.65. The molecule has 0 aromatic carbocycles. The van der Waals surface area contributed by atoms with Crippen molar-refractivity contribution in [2.45, 2.75) is 39.2 Å². The second-order valence-corrected chi connectivity index (χ2v) is 6.05. The Bertz CT molecular complexity index is 424. The third-order valence-electron chi connectivity index (χ3n) is 3.61. The summed E-state index contributed by atoms with van der Waals surface area (Å²) in [6, 6.07) is 0.379. The van der Waals surface area contributed by atoms with Gasteiger partial charge in [-0.05, 0) is 48.0 Å². The van der Waals surface area contributed by atoms with Crippen LogP contribution < -0.4 is 10.6 Å². The predicted octanol–water partition coefficient (Wildman–Crippen LogP) is 3.29. The van der Waals surface area contributed by atoms with Gasteiger partial charge in [0.1, 0.15) is 5.82 Å². The van der Waals surface area contributed by atoms with Crippen molar-refractivity contribution in [2.75, 3.05) is 30.4 Å². The van der Waals surface area contributed by atoms with Crippen molar-refractivity contribution in [3.05, 3.63) is 10.7 Å². The largest absolute Gasteiger partial charge is 0.381 e. The Labute approximate surface area is 129 Å². The molecule has 0 amide bonds.